The molecule has 0 radical (unpaired) electrons. The molecule has 0 fully saturated rings. The summed E-state index contributed by atoms with van der Waals surface area (Å²) < 4.78 is 5.35. The number of anilines is 1. The van der Waals surface area contributed by atoms with Gasteiger partial charge < -0.3 is 30.6 Å². The Kier molecular flexibility index (Phi) is 7.16. The first-order valence-corrected chi connectivity index (χ1v) is 11.4. The number of aryl methyl sites for hydroxylation is 1. The lowest BCUT2D eigenvalue weighted by Crippen LogP contribution is -2.50. The standard InChI is InChI=1S/C25H35N5O4/c1-14(27-23(33)34-24(3,4)5)20-16(12-31)11-19(28-20)17-9-8-10-18-21(17)29-22(15(2)26-18)30-25(6,7)13-32/h8-12,14,16,20,28,32H,13H2,1-7H3,(H,27,33)(H,29,30). The zero-order valence-electron chi connectivity index (χ0n) is 20.9. The first-order chi connectivity index (χ1) is 15.8. The fourth-order valence-electron chi connectivity index (χ4n) is 3.81. The smallest absolute Gasteiger partial charge is 0.407 e. The predicted octanol–water partition coefficient (Wildman–Crippen LogP) is 3.16. The summed E-state index contributed by atoms with van der Waals surface area (Å²) in [6.07, 6.45) is 2.19. The Hall–Kier alpha value is -3.20. The maximum atomic E-state index is 12.2. The number of nitrogens with zero attached hydrogens (tertiary/aromatic N) is 2. The summed E-state index contributed by atoms with van der Waals surface area (Å²) >= 11 is 0. The number of benzene rings is 1. The monoisotopic (exact) mass is 469 g/mol. The van der Waals surface area contributed by atoms with E-state index in [-0.39, 0.29) is 18.7 Å². The van der Waals surface area contributed by atoms with Crippen molar-refractivity contribution in [2.24, 2.45) is 5.92 Å². The van der Waals surface area contributed by atoms with E-state index in [9.17, 15) is 14.7 Å². The molecule has 0 spiro atoms. The van der Waals surface area contributed by atoms with Gasteiger partial charge in [0, 0.05) is 11.3 Å². The summed E-state index contributed by atoms with van der Waals surface area (Å²) in [7, 11) is 0. The second-order valence-corrected chi connectivity index (χ2v) is 10.4. The average Bonchev–Trinajstić information content (AvgIpc) is 3.17. The van der Waals surface area contributed by atoms with E-state index in [1.165, 1.54) is 0 Å². The van der Waals surface area contributed by atoms with Gasteiger partial charge >= 0.3 is 6.09 Å². The molecule has 1 aromatic heterocycles. The highest BCUT2D eigenvalue weighted by atomic mass is 16.6. The molecular weight excluding hydrogens is 434 g/mol. The zero-order chi connectivity index (χ0) is 25.3. The fourth-order valence-corrected chi connectivity index (χ4v) is 3.81. The second kappa shape index (κ2) is 9.58. The zero-order valence-corrected chi connectivity index (χ0v) is 20.9. The van der Waals surface area contributed by atoms with Gasteiger partial charge in [-0.2, -0.15) is 0 Å². The fraction of sp³-hybridized carbons (Fsp3) is 0.520. The van der Waals surface area contributed by atoms with Crippen molar-refractivity contribution in [1.29, 1.82) is 0 Å². The molecule has 3 atom stereocenters. The Morgan fingerprint density at radius 2 is 1.97 bits per heavy atom. The van der Waals surface area contributed by atoms with Crippen molar-refractivity contribution in [2.45, 2.75) is 71.7 Å². The minimum atomic E-state index is -0.615. The lowest BCUT2D eigenvalue weighted by molar-refractivity contribution is -0.110. The highest BCUT2D eigenvalue weighted by Crippen LogP contribution is 2.30. The molecule has 9 heteroatoms. The molecule has 1 aliphatic rings. The molecule has 3 rings (SSSR count). The first kappa shape index (κ1) is 25.4. The van der Waals surface area contributed by atoms with Gasteiger partial charge in [0.1, 0.15) is 23.2 Å². The van der Waals surface area contributed by atoms with Gasteiger partial charge in [-0.25, -0.2) is 14.8 Å². The van der Waals surface area contributed by atoms with E-state index in [1.807, 2.05) is 52.0 Å². The number of amides is 1. The van der Waals surface area contributed by atoms with Gasteiger partial charge in [-0.3, -0.25) is 0 Å². The maximum absolute atomic E-state index is 12.2. The van der Waals surface area contributed by atoms with Crippen LogP contribution in [-0.4, -0.2) is 57.3 Å². The number of aldehydes is 1. The number of fused-ring (bicyclic) bond motifs is 1. The van der Waals surface area contributed by atoms with Crippen molar-refractivity contribution in [3.8, 4) is 0 Å². The molecule has 34 heavy (non-hydrogen) atoms. The topological polar surface area (TPSA) is 125 Å². The van der Waals surface area contributed by atoms with Crippen LogP contribution in [0.3, 0.4) is 0 Å². The van der Waals surface area contributed by atoms with Crippen LogP contribution in [0.1, 0.15) is 52.8 Å². The molecule has 0 saturated heterocycles. The largest absolute Gasteiger partial charge is 0.444 e. The Balaban J connectivity index is 1.90. The van der Waals surface area contributed by atoms with Crippen LogP contribution < -0.4 is 16.0 Å². The summed E-state index contributed by atoms with van der Waals surface area (Å²) in [5.41, 5.74) is 2.47. The molecule has 0 bridgehead atoms. The second-order valence-electron chi connectivity index (χ2n) is 10.4. The number of nitrogens with one attached hydrogen (secondary N) is 3. The van der Waals surface area contributed by atoms with E-state index >= 15 is 0 Å². The molecular formula is C25H35N5O4. The van der Waals surface area contributed by atoms with Crippen LogP contribution in [0.25, 0.3) is 16.7 Å². The molecule has 3 unspecified atom stereocenters. The van der Waals surface area contributed by atoms with Crippen molar-refractivity contribution in [1.82, 2.24) is 20.6 Å². The molecule has 1 aliphatic heterocycles. The van der Waals surface area contributed by atoms with Crippen LogP contribution in [0.5, 0.6) is 0 Å². The summed E-state index contributed by atoms with van der Waals surface area (Å²) in [6.45, 7) is 12.8. The molecule has 0 aliphatic carbocycles. The number of hydrogen-bond donors (Lipinski definition) is 4. The van der Waals surface area contributed by atoms with Gasteiger partial charge in [0.15, 0.2) is 0 Å². The van der Waals surface area contributed by atoms with Gasteiger partial charge in [0.25, 0.3) is 0 Å². The van der Waals surface area contributed by atoms with E-state index in [2.05, 4.69) is 20.9 Å². The molecule has 184 valence electrons. The highest BCUT2D eigenvalue weighted by Gasteiger charge is 2.34. The number of ether oxygens (including phenoxy) is 1. The van der Waals surface area contributed by atoms with E-state index < -0.39 is 23.2 Å². The Morgan fingerprint density at radius 1 is 1.26 bits per heavy atom. The summed E-state index contributed by atoms with van der Waals surface area (Å²) in [5.74, 6) is 0.139. The van der Waals surface area contributed by atoms with Crippen molar-refractivity contribution in [2.75, 3.05) is 11.9 Å². The lowest BCUT2D eigenvalue weighted by atomic mass is 9.98. The third-order valence-electron chi connectivity index (χ3n) is 5.55. The summed E-state index contributed by atoms with van der Waals surface area (Å²) in [6, 6.07) is 4.98. The molecule has 0 saturated carbocycles. The minimum absolute atomic E-state index is 0.0637. The van der Waals surface area contributed by atoms with Crippen LogP contribution >= 0.6 is 0 Å². The van der Waals surface area contributed by atoms with Crippen molar-refractivity contribution < 1.29 is 19.4 Å². The summed E-state index contributed by atoms with van der Waals surface area (Å²) in [4.78, 5) is 33.6. The number of alkyl carbamates (subject to hydrolysis) is 1. The maximum Gasteiger partial charge on any atom is 0.407 e. The SMILES string of the molecule is Cc1nc2cccc(C3=CC(C=O)C(C(C)NC(=O)OC(C)(C)C)N3)c2nc1NC(C)(C)CO. The summed E-state index contributed by atoms with van der Waals surface area (Å²) in [5, 5.41) is 19.1. The van der Waals surface area contributed by atoms with Gasteiger partial charge in [-0.15, -0.1) is 0 Å². The average molecular weight is 470 g/mol. The number of aliphatic hydroxyl groups excluding tert-OH is 1. The van der Waals surface area contributed by atoms with E-state index in [1.54, 1.807) is 20.8 Å². The molecule has 2 heterocycles. The van der Waals surface area contributed by atoms with E-state index in [0.717, 1.165) is 28.8 Å². The number of hydrogen-bond acceptors (Lipinski definition) is 8. The number of aromatic nitrogens is 2. The lowest BCUT2D eigenvalue weighted by Gasteiger charge is -2.27. The molecule has 2 aromatic rings. The molecule has 1 aromatic carbocycles. The highest BCUT2D eigenvalue weighted by molar-refractivity contribution is 5.91. The van der Waals surface area contributed by atoms with Crippen LogP contribution in [-0.2, 0) is 9.53 Å². The van der Waals surface area contributed by atoms with Crippen LogP contribution in [0, 0.1) is 12.8 Å². The number of carbonyl (C=O) groups is 2. The van der Waals surface area contributed by atoms with Crippen LogP contribution in [0.15, 0.2) is 24.3 Å². The van der Waals surface area contributed by atoms with Crippen molar-refractivity contribution >= 4 is 34.9 Å². The molecule has 9 nitrogen and oxygen atoms in total. The van der Waals surface area contributed by atoms with E-state index in [0.29, 0.717) is 11.3 Å². The quantitative estimate of drug-likeness (QED) is 0.456. The van der Waals surface area contributed by atoms with Crippen LogP contribution in [0.2, 0.25) is 0 Å². The number of carbonyl (C=O) groups excluding carboxylic acids is 2. The van der Waals surface area contributed by atoms with Gasteiger partial charge in [0.05, 0.1) is 41.4 Å². The Bertz CT molecular complexity index is 1110. The Labute approximate surface area is 200 Å². The minimum Gasteiger partial charge on any atom is -0.444 e. The Morgan fingerprint density at radius 3 is 2.59 bits per heavy atom. The van der Waals surface area contributed by atoms with Crippen LogP contribution in [0.4, 0.5) is 10.6 Å². The third kappa shape index (κ3) is 5.83. The van der Waals surface area contributed by atoms with Crippen molar-refractivity contribution in [3.05, 3.63) is 35.5 Å². The normalized spacial score (nSPS) is 19.2. The number of para-hydroxylation sites is 1. The van der Waals surface area contributed by atoms with Gasteiger partial charge in [-0.05, 0) is 60.6 Å². The van der Waals surface area contributed by atoms with Crippen molar-refractivity contribution in [3.63, 3.8) is 0 Å². The van der Waals surface area contributed by atoms with E-state index in [4.69, 9.17) is 9.72 Å². The van der Waals surface area contributed by atoms with Gasteiger partial charge in [0.2, 0.25) is 0 Å². The van der Waals surface area contributed by atoms with Gasteiger partial charge in [-0.1, -0.05) is 12.1 Å². The number of aliphatic hydroxyl groups is 1. The first-order valence-electron chi connectivity index (χ1n) is 11.4. The third-order valence-corrected chi connectivity index (χ3v) is 5.55. The predicted molar refractivity (Wildman–Crippen MR) is 132 cm³/mol. The molecule has 1 amide bonds. The molecule has 4 N–H and O–H groups in total. The number of rotatable bonds is 7.